The third-order valence-electron chi connectivity index (χ3n) is 3.42. The Morgan fingerprint density at radius 2 is 2.27 bits per heavy atom. The van der Waals surface area contributed by atoms with Crippen LogP contribution in [0.25, 0.3) is 0 Å². The molecule has 0 radical (unpaired) electrons. The second-order valence-electron chi connectivity index (χ2n) is 5.24. The van der Waals surface area contributed by atoms with Gasteiger partial charge in [-0.1, -0.05) is 6.07 Å². The van der Waals surface area contributed by atoms with Gasteiger partial charge in [0.25, 0.3) is 0 Å². The Kier molecular flexibility index (Phi) is 8.70. The predicted molar refractivity (Wildman–Crippen MR) is 104 cm³/mol. The van der Waals surface area contributed by atoms with E-state index >= 15 is 0 Å². The average molecular weight is 457 g/mol. The van der Waals surface area contributed by atoms with Crippen LogP contribution < -0.4 is 10.6 Å². The molecule has 1 atom stereocenters. The van der Waals surface area contributed by atoms with Crippen molar-refractivity contribution < 1.29 is 8.42 Å². The maximum Gasteiger partial charge on any atom is 0.191 e. The normalized spacial score (nSPS) is 20.4. The van der Waals surface area contributed by atoms with Crippen LogP contribution in [0.5, 0.6) is 0 Å². The number of sulfone groups is 1. The lowest BCUT2D eigenvalue weighted by Gasteiger charge is -2.12. The number of thiophene rings is 1. The summed E-state index contributed by atoms with van der Waals surface area (Å²) in [6.07, 6.45) is 1.71. The van der Waals surface area contributed by atoms with Crippen LogP contribution in [0, 0.1) is 5.92 Å². The molecule has 2 rings (SSSR count). The zero-order valence-corrected chi connectivity index (χ0v) is 16.7. The summed E-state index contributed by atoms with van der Waals surface area (Å²) in [4.78, 5) is 5.86. The van der Waals surface area contributed by atoms with Gasteiger partial charge in [-0.3, -0.25) is 4.99 Å². The van der Waals surface area contributed by atoms with Crippen LogP contribution in [0.15, 0.2) is 22.5 Å². The number of rotatable bonds is 6. The van der Waals surface area contributed by atoms with Crippen molar-refractivity contribution in [3.8, 4) is 0 Å². The molecule has 1 aliphatic rings. The van der Waals surface area contributed by atoms with Crippen LogP contribution in [0.4, 0.5) is 0 Å². The number of halogens is 1. The third kappa shape index (κ3) is 6.82. The number of nitrogens with one attached hydrogen (secondary N) is 2. The van der Waals surface area contributed by atoms with Crippen molar-refractivity contribution in [1.82, 2.24) is 10.6 Å². The summed E-state index contributed by atoms with van der Waals surface area (Å²) < 4.78 is 22.9. The standard InChI is InChI=1S/C14H23N3O2S2.HI/c1-2-15-14(16-7-5-13-4-3-8-20-13)17-10-12-6-9-21(18,19)11-12;/h3-4,8,12H,2,5-7,9-11H2,1H3,(H2,15,16,17);1H. The molecule has 1 unspecified atom stereocenters. The molecule has 1 aromatic heterocycles. The van der Waals surface area contributed by atoms with Gasteiger partial charge in [0.1, 0.15) is 0 Å². The monoisotopic (exact) mass is 457 g/mol. The summed E-state index contributed by atoms with van der Waals surface area (Å²) in [6.45, 7) is 4.23. The summed E-state index contributed by atoms with van der Waals surface area (Å²) in [5.74, 6) is 1.54. The summed E-state index contributed by atoms with van der Waals surface area (Å²) in [7, 11) is -2.81. The van der Waals surface area contributed by atoms with Crippen molar-refractivity contribution >= 4 is 51.1 Å². The van der Waals surface area contributed by atoms with E-state index in [0.717, 1.165) is 31.9 Å². The lowest BCUT2D eigenvalue weighted by Crippen LogP contribution is -2.38. The molecule has 1 fully saturated rings. The molecule has 2 N–H and O–H groups in total. The Morgan fingerprint density at radius 1 is 1.45 bits per heavy atom. The molecule has 22 heavy (non-hydrogen) atoms. The highest BCUT2D eigenvalue weighted by atomic mass is 127. The van der Waals surface area contributed by atoms with E-state index in [1.807, 2.05) is 6.92 Å². The summed E-state index contributed by atoms with van der Waals surface area (Å²) in [6, 6.07) is 4.18. The number of hydrogen-bond donors (Lipinski definition) is 2. The maximum absolute atomic E-state index is 11.4. The molecule has 2 heterocycles. The first-order chi connectivity index (χ1) is 10.1. The molecule has 1 aromatic rings. The Balaban J connectivity index is 0.00000242. The lowest BCUT2D eigenvalue weighted by molar-refractivity contribution is 0.589. The number of nitrogens with zero attached hydrogens (tertiary/aromatic N) is 1. The van der Waals surface area contributed by atoms with Gasteiger partial charge in [0.15, 0.2) is 15.8 Å². The molecule has 0 aromatic carbocycles. The summed E-state index contributed by atoms with van der Waals surface area (Å²) in [5.41, 5.74) is 0. The smallest absolute Gasteiger partial charge is 0.191 e. The third-order valence-corrected chi connectivity index (χ3v) is 6.20. The first-order valence-electron chi connectivity index (χ1n) is 7.34. The van der Waals surface area contributed by atoms with E-state index in [2.05, 4.69) is 33.1 Å². The Hall–Kier alpha value is -0.350. The van der Waals surface area contributed by atoms with Gasteiger partial charge in [0.2, 0.25) is 0 Å². The fraction of sp³-hybridized carbons (Fsp3) is 0.643. The summed E-state index contributed by atoms with van der Waals surface area (Å²) in [5, 5.41) is 8.58. The van der Waals surface area contributed by atoms with E-state index in [1.165, 1.54) is 4.88 Å². The van der Waals surface area contributed by atoms with Crippen molar-refractivity contribution in [2.24, 2.45) is 10.9 Å². The molecule has 1 saturated heterocycles. The Morgan fingerprint density at radius 3 is 2.86 bits per heavy atom. The molecule has 0 saturated carbocycles. The van der Waals surface area contributed by atoms with Crippen molar-refractivity contribution in [2.75, 3.05) is 31.1 Å². The largest absolute Gasteiger partial charge is 0.357 e. The van der Waals surface area contributed by atoms with Crippen molar-refractivity contribution in [3.63, 3.8) is 0 Å². The first-order valence-corrected chi connectivity index (χ1v) is 10.0. The van der Waals surface area contributed by atoms with Gasteiger partial charge >= 0.3 is 0 Å². The quantitative estimate of drug-likeness (QED) is 0.389. The molecular formula is C14H24IN3O2S2. The van der Waals surface area contributed by atoms with E-state index in [-0.39, 0.29) is 35.6 Å². The molecule has 0 amide bonds. The second-order valence-corrected chi connectivity index (χ2v) is 8.51. The van der Waals surface area contributed by atoms with Crippen LogP contribution in [0.2, 0.25) is 0 Å². The van der Waals surface area contributed by atoms with E-state index in [9.17, 15) is 8.42 Å². The fourth-order valence-electron chi connectivity index (χ4n) is 2.34. The Labute approximate surface area is 153 Å². The summed E-state index contributed by atoms with van der Waals surface area (Å²) >= 11 is 1.75. The van der Waals surface area contributed by atoms with Crippen LogP contribution >= 0.6 is 35.3 Å². The SMILES string of the molecule is CCNC(=NCC1CCS(=O)(=O)C1)NCCc1cccs1.I. The van der Waals surface area contributed by atoms with Crippen molar-refractivity contribution in [3.05, 3.63) is 22.4 Å². The maximum atomic E-state index is 11.4. The van der Waals surface area contributed by atoms with Crippen LogP contribution in [-0.4, -0.2) is 45.5 Å². The van der Waals surface area contributed by atoms with E-state index in [1.54, 1.807) is 11.3 Å². The predicted octanol–water partition coefficient (Wildman–Crippen LogP) is 1.90. The first kappa shape index (κ1) is 19.7. The highest BCUT2D eigenvalue weighted by Gasteiger charge is 2.27. The fourth-order valence-corrected chi connectivity index (χ4v) is 4.90. The molecule has 8 heteroatoms. The highest BCUT2D eigenvalue weighted by molar-refractivity contribution is 14.0. The zero-order valence-electron chi connectivity index (χ0n) is 12.7. The molecule has 126 valence electrons. The molecular weight excluding hydrogens is 433 g/mol. The van der Waals surface area contributed by atoms with E-state index in [4.69, 9.17) is 0 Å². The second kappa shape index (κ2) is 9.71. The molecule has 0 aliphatic carbocycles. The van der Waals surface area contributed by atoms with Crippen molar-refractivity contribution in [2.45, 2.75) is 19.8 Å². The lowest BCUT2D eigenvalue weighted by atomic mass is 10.1. The molecule has 1 aliphatic heterocycles. The topological polar surface area (TPSA) is 70.6 Å². The number of hydrogen-bond acceptors (Lipinski definition) is 4. The molecule has 0 spiro atoms. The van der Waals surface area contributed by atoms with E-state index in [0.29, 0.717) is 12.3 Å². The van der Waals surface area contributed by atoms with Gasteiger partial charge in [0.05, 0.1) is 11.5 Å². The zero-order chi connectivity index (χ0) is 15.1. The van der Waals surface area contributed by atoms with Crippen LogP contribution in [0.3, 0.4) is 0 Å². The van der Waals surface area contributed by atoms with Gasteiger partial charge in [-0.25, -0.2) is 8.42 Å². The van der Waals surface area contributed by atoms with E-state index < -0.39 is 9.84 Å². The molecule has 5 nitrogen and oxygen atoms in total. The van der Waals surface area contributed by atoms with Gasteiger partial charge < -0.3 is 10.6 Å². The van der Waals surface area contributed by atoms with Crippen LogP contribution in [-0.2, 0) is 16.3 Å². The number of aliphatic imine (C=N–C) groups is 1. The minimum absolute atomic E-state index is 0. The molecule has 0 bridgehead atoms. The minimum Gasteiger partial charge on any atom is -0.357 e. The van der Waals surface area contributed by atoms with Crippen molar-refractivity contribution in [1.29, 1.82) is 0 Å². The van der Waals surface area contributed by atoms with Gasteiger partial charge in [-0.05, 0) is 37.1 Å². The highest BCUT2D eigenvalue weighted by Crippen LogP contribution is 2.18. The van der Waals surface area contributed by atoms with Gasteiger partial charge in [0, 0.05) is 24.5 Å². The van der Waals surface area contributed by atoms with Gasteiger partial charge in [-0.2, -0.15) is 0 Å². The number of guanidine groups is 1. The van der Waals surface area contributed by atoms with Gasteiger partial charge in [-0.15, -0.1) is 35.3 Å². The van der Waals surface area contributed by atoms with Crippen LogP contribution in [0.1, 0.15) is 18.2 Å². The Bertz CT molecular complexity index is 559. The minimum atomic E-state index is -2.81. The average Bonchev–Trinajstić information content (AvgIpc) is 3.05.